The molecule has 0 fully saturated rings. The Bertz CT molecular complexity index is 854. The van der Waals surface area contributed by atoms with Crippen LogP contribution >= 0.6 is 0 Å². The molecular formula is C18H18FN5O. The van der Waals surface area contributed by atoms with E-state index >= 15 is 0 Å². The molecule has 0 aliphatic rings. The SMILES string of the molecule is COc1ccc(C)cc1Nc1nncc(NCc2ccc(F)cc2)n1. The minimum atomic E-state index is -0.258. The molecule has 0 unspecified atom stereocenters. The van der Waals surface area contributed by atoms with Crippen LogP contribution in [0.3, 0.4) is 0 Å². The van der Waals surface area contributed by atoms with E-state index in [0.717, 1.165) is 16.8 Å². The zero-order valence-electron chi connectivity index (χ0n) is 14.0. The van der Waals surface area contributed by atoms with Gasteiger partial charge in [-0.15, -0.1) is 5.10 Å². The average molecular weight is 339 g/mol. The number of halogens is 1. The second kappa shape index (κ2) is 7.57. The third-order valence-corrected chi connectivity index (χ3v) is 3.55. The van der Waals surface area contributed by atoms with Crippen LogP contribution < -0.4 is 15.4 Å². The topological polar surface area (TPSA) is 72.0 Å². The highest BCUT2D eigenvalue weighted by atomic mass is 19.1. The lowest BCUT2D eigenvalue weighted by molar-refractivity contribution is 0.416. The highest BCUT2D eigenvalue weighted by molar-refractivity contribution is 5.63. The van der Waals surface area contributed by atoms with Gasteiger partial charge in [-0.3, -0.25) is 0 Å². The Hall–Kier alpha value is -3.22. The number of rotatable bonds is 6. The molecule has 0 saturated heterocycles. The first-order valence-electron chi connectivity index (χ1n) is 7.74. The first-order chi connectivity index (χ1) is 12.1. The van der Waals surface area contributed by atoms with E-state index in [1.54, 1.807) is 19.2 Å². The number of hydrogen-bond acceptors (Lipinski definition) is 6. The molecule has 0 aliphatic heterocycles. The predicted octanol–water partition coefficient (Wildman–Crippen LogP) is 3.68. The largest absolute Gasteiger partial charge is 0.495 e. The second-order valence-corrected chi connectivity index (χ2v) is 5.47. The van der Waals surface area contributed by atoms with E-state index in [1.807, 2.05) is 25.1 Å². The van der Waals surface area contributed by atoms with Crippen molar-refractivity contribution in [3.05, 3.63) is 65.6 Å². The van der Waals surface area contributed by atoms with Gasteiger partial charge in [0.2, 0.25) is 5.95 Å². The number of nitrogens with one attached hydrogen (secondary N) is 2. The van der Waals surface area contributed by atoms with Crippen LogP contribution in [-0.2, 0) is 6.54 Å². The molecule has 1 aromatic heterocycles. The van der Waals surface area contributed by atoms with Crippen LogP contribution in [0.25, 0.3) is 0 Å². The van der Waals surface area contributed by atoms with E-state index in [-0.39, 0.29) is 5.82 Å². The van der Waals surface area contributed by atoms with Gasteiger partial charge in [-0.2, -0.15) is 10.1 Å². The van der Waals surface area contributed by atoms with Crippen molar-refractivity contribution in [2.45, 2.75) is 13.5 Å². The molecule has 0 aliphatic carbocycles. The lowest BCUT2D eigenvalue weighted by Crippen LogP contribution is -2.06. The number of benzene rings is 2. The summed E-state index contributed by atoms with van der Waals surface area (Å²) in [5, 5.41) is 14.2. The number of nitrogens with zero attached hydrogens (tertiary/aromatic N) is 3. The minimum absolute atomic E-state index is 0.258. The molecule has 6 nitrogen and oxygen atoms in total. The van der Waals surface area contributed by atoms with Crippen molar-refractivity contribution in [3.8, 4) is 5.75 Å². The molecule has 3 aromatic rings. The van der Waals surface area contributed by atoms with Crippen molar-refractivity contribution in [3.63, 3.8) is 0 Å². The smallest absolute Gasteiger partial charge is 0.249 e. The third kappa shape index (κ3) is 4.41. The van der Waals surface area contributed by atoms with Gasteiger partial charge in [-0.05, 0) is 42.3 Å². The summed E-state index contributed by atoms with van der Waals surface area (Å²) in [5.41, 5.74) is 2.79. The minimum Gasteiger partial charge on any atom is -0.495 e. The van der Waals surface area contributed by atoms with E-state index in [2.05, 4.69) is 25.8 Å². The molecule has 3 rings (SSSR count). The van der Waals surface area contributed by atoms with Crippen molar-refractivity contribution < 1.29 is 9.13 Å². The Balaban J connectivity index is 1.71. The molecule has 0 radical (unpaired) electrons. The number of aryl methyl sites for hydroxylation is 1. The fourth-order valence-corrected chi connectivity index (χ4v) is 2.28. The van der Waals surface area contributed by atoms with E-state index in [9.17, 15) is 4.39 Å². The predicted molar refractivity (Wildman–Crippen MR) is 94.6 cm³/mol. The van der Waals surface area contributed by atoms with E-state index in [1.165, 1.54) is 18.3 Å². The molecule has 7 heteroatoms. The summed E-state index contributed by atoms with van der Waals surface area (Å²) in [6, 6.07) is 12.1. The molecule has 128 valence electrons. The van der Waals surface area contributed by atoms with Gasteiger partial charge in [0.05, 0.1) is 19.0 Å². The fraction of sp³-hybridized carbons (Fsp3) is 0.167. The first-order valence-corrected chi connectivity index (χ1v) is 7.74. The normalized spacial score (nSPS) is 10.4. The standard InChI is InChI=1S/C18H18FN5O/c1-12-3-8-16(25-2)15(9-12)22-18-23-17(11-21-24-18)20-10-13-4-6-14(19)7-5-13/h3-9,11H,10H2,1-2H3,(H2,20,22,23,24). The van der Waals surface area contributed by atoms with Crippen LogP contribution in [0.1, 0.15) is 11.1 Å². The molecule has 0 bridgehead atoms. The highest BCUT2D eigenvalue weighted by Crippen LogP contribution is 2.27. The molecule has 2 aromatic carbocycles. The fourth-order valence-electron chi connectivity index (χ4n) is 2.28. The van der Waals surface area contributed by atoms with Crippen molar-refractivity contribution in [2.24, 2.45) is 0 Å². The van der Waals surface area contributed by atoms with Crippen molar-refractivity contribution >= 4 is 17.5 Å². The highest BCUT2D eigenvalue weighted by Gasteiger charge is 2.07. The second-order valence-electron chi connectivity index (χ2n) is 5.47. The average Bonchev–Trinajstić information content (AvgIpc) is 2.62. The molecule has 0 saturated carbocycles. The molecule has 0 spiro atoms. The quantitative estimate of drug-likeness (QED) is 0.714. The van der Waals surface area contributed by atoms with Gasteiger partial charge in [0.1, 0.15) is 11.6 Å². The van der Waals surface area contributed by atoms with Crippen LogP contribution in [0.4, 0.5) is 21.8 Å². The third-order valence-electron chi connectivity index (χ3n) is 3.55. The first kappa shape index (κ1) is 16.6. The van der Waals surface area contributed by atoms with Gasteiger partial charge in [0.25, 0.3) is 0 Å². The summed E-state index contributed by atoms with van der Waals surface area (Å²) in [7, 11) is 1.61. The van der Waals surface area contributed by atoms with Crippen molar-refractivity contribution in [1.29, 1.82) is 0 Å². The van der Waals surface area contributed by atoms with Crippen LogP contribution in [0.2, 0.25) is 0 Å². The van der Waals surface area contributed by atoms with Gasteiger partial charge >= 0.3 is 0 Å². The van der Waals surface area contributed by atoms with Gasteiger partial charge < -0.3 is 15.4 Å². The Morgan fingerprint density at radius 3 is 2.68 bits per heavy atom. The summed E-state index contributed by atoms with van der Waals surface area (Å²) < 4.78 is 18.3. The van der Waals surface area contributed by atoms with Gasteiger partial charge in [0.15, 0.2) is 5.82 Å². The molecule has 25 heavy (non-hydrogen) atoms. The van der Waals surface area contributed by atoms with E-state index in [4.69, 9.17) is 4.74 Å². The molecular weight excluding hydrogens is 321 g/mol. The summed E-state index contributed by atoms with van der Waals surface area (Å²) in [6.07, 6.45) is 1.53. The van der Waals surface area contributed by atoms with Crippen LogP contribution in [0.5, 0.6) is 5.75 Å². The lowest BCUT2D eigenvalue weighted by Gasteiger charge is -2.11. The molecule has 1 heterocycles. The summed E-state index contributed by atoms with van der Waals surface area (Å²) in [6.45, 7) is 2.50. The zero-order valence-corrected chi connectivity index (χ0v) is 14.0. The maximum absolute atomic E-state index is 12.9. The molecule has 0 amide bonds. The number of anilines is 3. The molecule has 0 atom stereocenters. The van der Waals surface area contributed by atoms with E-state index in [0.29, 0.717) is 24.1 Å². The van der Waals surface area contributed by atoms with E-state index < -0.39 is 0 Å². The van der Waals surface area contributed by atoms with Gasteiger partial charge in [-0.1, -0.05) is 18.2 Å². The lowest BCUT2D eigenvalue weighted by atomic mass is 10.2. The van der Waals surface area contributed by atoms with Crippen molar-refractivity contribution in [1.82, 2.24) is 15.2 Å². The van der Waals surface area contributed by atoms with Crippen molar-refractivity contribution in [2.75, 3.05) is 17.7 Å². The summed E-state index contributed by atoms with van der Waals surface area (Å²) >= 11 is 0. The van der Waals surface area contributed by atoms with Crippen LogP contribution in [0.15, 0.2) is 48.7 Å². The summed E-state index contributed by atoms with van der Waals surface area (Å²) in [4.78, 5) is 4.38. The molecule has 2 N–H and O–H groups in total. The maximum atomic E-state index is 12.9. The number of methoxy groups -OCH3 is 1. The Kier molecular flexibility index (Phi) is 5.03. The Morgan fingerprint density at radius 2 is 1.92 bits per heavy atom. The monoisotopic (exact) mass is 339 g/mol. The summed E-state index contributed by atoms with van der Waals surface area (Å²) in [5.74, 6) is 1.35. The van der Waals surface area contributed by atoms with Gasteiger partial charge in [-0.25, -0.2) is 4.39 Å². The Morgan fingerprint density at radius 1 is 1.12 bits per heavy atom. The number of hydrogen-bond donors (Lipinski definition) is 2. The number of aromatic nitrogens is 3. The van der Waals surface area contributed by atoms with Gasteiger partial charge in [0, 0.05) is 6.54 Å². The number of ether oxygens (including phenoxy) is 1. The maximum Gasteiger partial charge on any atom is 0.249 e. The van der Waals surface area contributed by atoms with Crippen LogP contribution in [-0.4, -0.2) is 22.3 Å². The Labute approximate surface area is 145 Å². The zero-order chi connectivity index (χ0) is 17.6. The van der Waals surface area contributed by atoms with Crippen LogP contribution in [0, 0.1) is 12.7 Å².